The Morgan fingerprint density at radius 2 is 1.76 bits per heavy atom. The van der Waals surface area contributed by atoms with E-state index in [9.17, 15) is 15.0 Å². The van der Waals surface area contributed by atoms with Gasteiger partial charge in [-0.05, 0) is 23.3 Å². The van der Waals surface area contributed by atoms with Gasteiger partial charge in [0, 0.05) is 0 Å². The number of hydrogen-bond acceptors (Lipinski definition) is 3. The molecule has 17 heavy (non-hydrogen) atoms. The van der Waals surface area contributed by atoms with Crippen molar-refractivity contribution >= 4 is 5.97 Å². The van der Waals surface area contributed by atoms with E-state index in [1.165, 1.54) is 6.07 Å². The number of aromatic hydroxyl groups is 1. The maximum absolute atomic E-state index is 11.5. The highest BCUT2D eigenvalue weighted by Crippen LogP contribution is 2.32. The first-order valence-electron chi connectivity index (χ1n) is 4.92. The van der Waals surface area contributed by atoms with Crippen LogP contribution in [0, 0.1) is 0 Å². The number of carbonyl (C=O) groups is 1. The molecule has 2 N–H and O–H groups in total. The molecule has 86 valence electrons. The van der Waals surface area contributed by atoms with Gasteiger partial charge in [-0.3, -0.25) is 0 Å². The van der Waals surface area contributed by atoms with E-state index < -0.39 is 11.7 Å². The molecule has 0 fully saturated rings. The molecular formula is C13H9O4-. The summed E-state index contributed by atoms with van der Waals surface area (Å²) in [5.74, 6) is -2.23. The van der Waals surface area contributed by atoms with Gasteiger partial charge in [0.2, 0.25) is 0 Å². The van der Waals surface area contributed by atoms with Crippen molar-refractivity contribution in [2.75, 3.05) is 0 Å². The maximum atomic E-state index is 11.5. The van der Waals surface area contributed by atoms with Crippen LogP contribution < -0.4 is 5.11 Å². The van der Waals surface area contributed by atoms with Crippen molar-refractivity contribution in [3.63, 3.8) is 0 Å². The molecule has 0 unspecified atom stereocenters. The van der Waals surface area contributed by atoms with Crippen molar-refractivity contribution < 1.29 is 20.1 Å². The Morgan fingerprint density at radius 1 is 1.12 bits per heavy atom. The van der Waals surface area contributed by atoms with Gasteiger partial charge in [-0.25, -0.2) is 4.79 Å². The highest BCUT2D eigenvalue weighted by molar-refractivity contribution is 5.99. The van der Waals surface area contributed by atoms with Crippen LogP contribution in [0.5, 0.6) is 11.5 Å². The van der Waals surface area contributed by atoms with E-state index in [0.717, 1.165) is 6.07 Å². The summed E-state index contributed by atoms with van der Waals surface area (Å²) in [4.78, 5) is 11.0. The smallest absolute Gasteiger partial charge is 0.335 e. The molecule has 0 heterocycles. The molecule has 0 aliphatic rings. The summed E-state index contributed by atoms with van der Waals surface area (Å²) in [5, 5.41) is 29.9. The number of aromatic carboxylic acids is 1. The molecule has 0 spiro atoms. The van der Waals surface area contributed by atoms with Gasteiger partial charge in [-0.15, -0.1) is 0 Å². The van der Waals surface area contributed by atoms with Gasteiger partial charge in [-0.1, -0.05) is 36.1 Å². The van der Waals surface area contributed by atoms with Crippen LogP contribution >= 0.6 is 0 Å². The van der Waals surface area contributed by atoms with Crippen LogP contribution in [0.3, 0.4) is 0 Å². The summed E-state index contributed by atoms with van der Waals surface area (Å²) < 4.78 is 0. The van der Waals surface area contributed by atoms with Crippen molar-refractivity contribution in [3.05, 3.63) is 48.0 Å². The van der Waals surface area contributed by atoms with E-state index in [1.54, 1.807) is 30.3 Å². The fourth-order valence-corrected chi connectivity index (χ4v) is 1.67. The number of hydrogen-bond donors (Lipinski definition) is 2. The van der Waals surface area contributed by atoms with Crippen molar-refractivity contribution in [2.24, 2.45) is 0 Å². The quantitative estimate of drug-likeness (QED) is 0.823. The number of benzene rings is 2. The van der Waals surface area contributed by atoms with Crippen LogP contribution in [0.1, 0.15) is 10.4 Å². The van der Waals surface area contributed by atoms with E-state index in [1.807, 2.05) is 0 Å². The molecule has 0 saturated carbocycles. The highest BCUT2D eigenvalue weighted by atomic mass is 16.4. The summed E-state index contributed by atoms with van der Waals surface area (Å²) >= 11 is 0. The molecule has 2 aromatic carbocycles. The standard InChI is InChI=1S/C13H10O4/c14-9-6-10(8-4-2-1-3-5-8)12(13(16)17)11(15)7-9/h1-7,14-15H,(H,16,17)/p-1. The lowest BCUT2D eigenvalue weighted by atomic mass is 9.98. The van der Waals surface area contributed by atoms with Gasteiger partial charge in [0.1, 0.15) is 5.75 Å². The zero-order valence-corrected chi connectivity index (χ0v) is 8.75. The zero-order chi connectivity index (χ0) is 12.4. The largest absolute Gasteiger partial charge is 0.872 e. The second-order valence-corrected chi connectivity index (χ2v) is 3.54. The monoisotopic (exact) mass is 229 g/mol. The maximum Gasteiger partial charge on any atom is 0.335 e. The van der Waals surface area contributed by atoms with E-state index in [-0.39, 0.29) is 16.9 Å². The topological polar surface area (TPSA) is 80.6 Å². The van der Waals surface area contributed by atoms with Gasteiger partial charge in [0.25, 0.3) is 0 Å². The van der Waals surface area contributed by atoms with Crippen molar-refractivity contribution in [1.29, 1.82) is 0 Å². The third-order valence-corrected chi connectivity index (χ3v) is 2.39. The SMILES string of the molecule is O=C(O)c1c([O-])cc(O)cc1-c1ccccc1. The van der Waals surface area contributed by atoms with E-state index in [4.69, 9.17) is 5.11 Å². The molecule has 0 amide bonds. The molecule has 0 aliphatic heterocycles. The van der Waals surface area contributed by atoms with Crippen LogP contribution in [0.2, 0.25) is 0 Å². The molecule has 0 radical (unpaired) electrons. The van der Waals surface area contributed by atoms with Crippen molar-refractivity contribution in [1.82, 2.24) is 0 Å². The van der Waals surface area contributed by atoms with Crippen molar-refractivity contribution in [3.8, 4) is 22.6 Å². The Labute approximate surface area is 97.4 Å². The Morgan fingerprint density at radius 3 is 2.35 bits per heavy atom. The predicted octanol–water partition coefficient (Wildman–Crippen LogP) is 1.83. The minimum atomic E-state index is -1.30. The van der Waals surface area contributed by atoms with E-state index in [2.05, 4.69) is 0 Å². The fourth-order valence-electron chi connectivity index (χ4n) is 1.67. The minimum absolute atomic E-state index is 0.225. The third kappa shape index (κ3) is 2.06. The van der Waals surface area contributed by atoms with Crippen LogP contribution in [0.15, 0.2) is 42.5 Å². The molecule has 0 aromatic heterocycles. The summed E-state index contributed by atoms with van der Waals surface area (Å²) in [7, 11) is 0. The van der Waals surface area contributed by atoms with Crippen LogP contribution in [-0.2, 0) is 0 Å². The van der Waals surface area contributed by atoms with Gasteiger partial charge in [-0.2, -0.15) is 0 Å². The summed E-state index contributed by atoms with van der Waals surface area (Å²) in [5.41, 5.74) is 0.481. The van der Waals surface area contributed by atoms with Gasteiger partial charge in [0.15, 0.2) is 0 Å². The van der Waals surface area contributed by atoms with Crippen LogP contribution in [-0.4, -0.2) is 16.2 Å². The molecule has 4 heteroatoms. The molecule has 2 rings (SSSR count). The van der Waals surface area contributed by atoms with Gasteiger partial charge >= 0.3 is 5.97 Å². The predicted molar refractivity (Wildman–Crippen MR) is 59.9 cm³/mol. The Hall–Kier alpha value is -2.49. The third-order valence-electron chi connectivity index (χ3n) is 2.39. The highest BCUT2D eigenvalue weighted by Gasteiger charge is 2.13. The molecule has 0 atom stereocenters. The Balaban J connectivity index is 2.72. The number of phenolic OH excluding ortho intramolecular Hbond substituents is 1. The van der Waals surface area contributed by atoms with E-state index in [0.29, 0.717) is 5.56 Å². The second kappa shape index (κ2) is 4.17. The lowest BCUT2D eigenvalue weighted by molar-refractivity contribution is -0.268. The Kier molecular flexibility index (Phi) is 2.70. The number of rotatable bonds is 2. The Bertz CT molecular complexity index is 561. The number of phenols is 1. The number of carboxylic acids is 1. The normalized spacial score (nSPS) is 10.1. The molecule has 4 nitrogen and oxygen atoms in total. The molecule has 0 saturated heterocycles. The summed E-state index contributed by atoms with van der Waals surface area (Å²) in [6.07, 6.45) is 0. The summed E-state index contributed by atoms with van der Waals surface area (Å²) in [6.45, 7) is 0. The second-order valence-electron chi connectivity index (χ2n) is 3.54. The van der Waals surface area contributed by atoms with Crippen molar-refractivity contribution in [2.45, 2.75) is 0 Å². The lowest BCUT2D eigenvalue weighted by Gasteiger charge is -2.15. The molecule has 0 bridgehead atoms. The average molecular weight is 229 g/mol. The van der Waals surface area contributed by atoms with E-state index >= 15 is 0 Å². The van der Waals surface area contributed by atoms with Crippen LogP contribution in [0.4, 0.5) is 0 Å². The average Bonchev–Trinajstić information content (AvgIpc) is 2.28. The molecule has 2 aromatic rings. The zero-order valence-electron chi connectivity index (χ0n) is 8.75. The van der Waals surface area contributed by atoms with Gasteiger partial charge < -0.3 is 15.3 Å². The fraction of sp³-hybridized carbons (Fsp3) is 0. The number of carboxylic acid groups (broad SMARTS) is 1. The molecular weight excluding hydrogens is 220 g/mol. The first-order chi connectivity index (χ1) is 8.09. The lowest BCUT2D eigenvalue weighted by Crippen LogP contribution is -2.06. The molecule has 0 aliphatic carbocycles. The minimum Gasteiger partial charge on any atom is -0.872 e. The van der Waals surface area contributed by atoms with Crippen LogP contribution in [0.25, 0.3) is 11.1 Å². The first-order valence-corrected chi connectivity index (χ1v) is 4.92. The summed E-state index contributed by atoms with van der Waals surface area (Å²) in [6, 6.07) is 10.8. The van der Waals surface area contributed by atoms with Gasteiger partial charge in [0.05, 0.1) is 5.56 Å². The first kappa shape index (κ1) is 11.0.